The minimum absolute atomic E-state index is 0.341. The molecule has 0 spiro atoms. The van der Waals surface area contributed by atoms with Crippen LogP contribution < -0.4 is 5.32 Å². The molecule has 0 aromatic heterocycles. The van der Waals surface area contributed by atoms with E-state index in [1.165, 1.54) is 6.54 Å². The lowest BCUT2D eigenvalue weighted by molar-refractivity contribution is 0.0522. The van der Waals surface area contributed by atoms with Crippen LogP contribution in [0.5, 0.6) is 0 Å². The van der Waals surface area contributed by atoms with Crippen LogP contribution in [-0.2, 0) is 16.1 Å². The zero-order valence-electron chi connectivity index (χ0n) is 11.1. The van der Waals surface area contributed by atoms with Gasteiger partial charge >= 0.3 is 6.09 Å². The molecule has 0 saturated heterocycles. The van der Waals surface area contributed by atoms with Crippen LogP contribution in [0, 0.1) is 6.54 Å². The molecule has 0 aliphatic carbocycles. The summed E-state index contributed by atoms with van der Waals surface area (Å²) in [5.41, 5.74) is 0.617. The molecular formula is C14H20NO3. The van der Waals surface area contributed by atoms with Crippen molar-refractivity contribution >= 4 is 6.09 Å². The molecule has 0 unspecified atom stereocenters. The third-order valence-electron chi connectivity index (χ3n) is 1.93. The van der Waals surface area contributed by atoms with Crippen LogP contribution in [0.15, 0.2) is 30.3 Å². The standard InChI is InChI=1S/C14H20NO3/c1-14(2,3)18-13(16)15-9-10-17-11-12-7-5-4-6-8-12/h4-9H,10-11H2,1-3H3,(H,15,16). The lowest BCUT2D eigenvalue weighted by atomic mass is 10.2. The van der Waals surface area contributed by atoms with Crippen LogP contribution in [0.4, 0.5) is 4.79 Å². The van der Waals surface area contributed by atoms with Gasteiger partial charge in [-0.15, -0.1) is 0 Å². The second-order valence-electron chi connectivity index (χ2n) is 4.85. The Kier molecular flexibility index (Phi) is 5.65. The van der Waals surface area contributed by atoms with E-state index in [4.69, 9.17) is 9.47 Å². The summed E-state index contributed by atoms with van der Waals surface area (Å²) < 4.78 is 10.4. The van der Waals surface area contributed by atoms with Crippen molar-refractivity contribution in [3.05, 3.63) is 42.4 Å². The fourth-order valence-electron chi connectivity index (χ4n) is 1.24. The number of hydrogen-bond acceptors (Lipinski definition) is 3. The van der Waals surface area contributed by atoms with Gasteiger partial charge in [0.25, 0.3) is 0 Å². The summed E-state index contributed by atoms with van der Waals surface area (Å²) in [6, 6.07) is 9.85. The molecule has 1 radical (unpaired) electrons. The van der Waals surface area contributed by atoms with Crippen molar-refractivity contribution in [1.82, 2.24) is 5.32 Å². The average molecular weight is 250 g/mol. The Morgan fingerprint density at radius 3 is 2.56 bits per heavy atom. The highest BCUT2D eigenvalue weighted by Crippen LogP contribution is 2.06. The summed E-state index contributed by atoms with van der Waals surface area (Å²) in [5.74, 6) is 0. The van der Waals surface area contributed by atoms with Crippen LogP contribution in [-0.4, -0.2) is 18.3 Å². The summed E-state index contributed by atoms with van der Waals surface area (Å²) in [6.45, 7) is 7.86. The molecule has 1 aromatic carbocycles. The first-order valence-corrected chi connectivity index (χ1v) is 5.90. The van der Waals surface area contributed by atoms with Gasteiger partial charge in [-0.2, -0.15) is 0 Å². The highest BCUT2D eigenvalue weighted by Gasteiger charge is 2.15. The number of hydrogen-bond donors (Lipinski definition) is 1. The largest absolute Gasteiger partial charge is 0.444 e. The Labute approximate surface area is 108 Å². The van der Waals surface area contributed by atoms with Crippen LogP contribution in [0.25, 0.3) is 0 Å². The van der Waals surface area contributed by atoms with Gasteiger partial charge in [0.1, 0.15) is 5.60 Å². The molecule has 1 rings (SSSR count). The van der Waals surface area contributed by atoms with E-state index < -0.39 is 11.7 Å². The number of benzene rings is 1. The fourth-order valence-corrected chi connectivity index (χ4v) is 1.24. The molecule has 1 amide bonds. The number of carbonyl (C=O) groups is 1. The molecule has 1 N–H and O–H groups in total. The zero-order valence-corrected chi connectivity index (χ0v) is 11.1. The van der Waals surface area contributed by atoms with Crippen molar-refractivity contribution in [2.75, 3.05) is 6.61 Å². The second kappa shape index (κ2) is 7.01. The Balaban J connectivity index is 2.07. The molecule has 0 saturated carbocycles. The number of nitrogens with one attached hydrogen (secondary N) is 1. The summed E-state index contributed by atoms with van der Waals surface area (Å²) >= 11 is 0. The SMILES string of the molecule is CC(C)(C)OC(=O)N[CH]COCc1ccccc1. The summed E-state index contributed by atoms with van der Waals surface area (Å²) in [7, 11) is 0. The zero-order chi connectivity index (χ0) is 13.4. The van der Waals surface area contributed by atoms with Gasteiger partial charge in [0, 0.05) is 0 Å². The minimum Gasteiger partial charge on any atom is -0.444 e. The molecule has 0 aliphatic rings. The van der Waals surface area contributed by atoms with Crippen molar-refractivity contribution in [1.29, 1.82) is 0 Å². The molecule has 1 aromatic rings. The smallest absolute Gasteiger partial charge is 0.408 e. The van der Waals surface area contributed by atoms with E-state index in [0.717, 1.165) is 5.56 Å². The maximum Gasteiger partial charge on any atom is 0.408 e. The van der Waals surface area contributed by atoms with Crippen molar-refractivity contribution in [2.24, 2.45) is 0 Å². The molecule has 0 bridgehead atoms. The predicted molar refractivity (Wildman–Crippen MR) is 69.8 cm³/mol. The van der Waals surface area contributed by atoms with Gasteiger partial charge in [0.2, 0.25) is 0 Å². The van der Waals surface area contributed by atoms with Gasteiger partial charge < -0.3 is 14.8 Å². The number of alkyl carbamates (subject to hydrolysis) is 1. The fraction of sp³-hybridized carbons (Fsp3) is 0.429. The number of rotatable bonds is 5. The topological polar surface area (TPSA) is 47.6 Å². The first kappa shape index (κ1) is 14.5. The molecule has 0 atom stereocenters. The van der Waals surface area contributed by atoms with Gasteiger partial charge in [0.15, 0.2) is 0 Å². The van der Waals surface area contributed by atoms with Gasteiger partial charge in [-0.05, 0) is 26.3 Å². The van der Waals surface area contributed by atoms with E-state index in [1.807, 2.05) is 51.1 Å². The normalized spacial score (nSPS) is 11.1. The first-order chi connectivity index (χ1) is 8.47. The third kappa shape index (κ3) is 6.91. The van der Waals surface area contributed by atoms with E-state index in [2.05, 4.69) is 5.32 Å². The Morgan fingerprint density at radius 1 is 1.28 bits per heavy atom. The van der Waals surface area contributed by atoms with Crippen LogP contribution in [0.2, 0.25) is 0 Å². The number of carbonyl (C=O) groups excluding carboxylic acids is 1. The Morgan fingerprint density at radius 2 is 1.94 bits per heavy atom. The van der Waals surface area contributed by atoms with Crippen molar-refractivity contribution in [2.45, 2.75) is 33.0 Å². The molecule has 99 valence electrons. The van der Waals surface area contributed by atoms with Crippen molar-refractivity contribution in [3.8, 4) is 0 Å². The quantitative estimate of drug-likeness (QED) is 0.817. The van der Waals surface area contributed by atoms with Crippen molar-refractivity contribution in [3.63, 3.8) is 0 Å². The lowest BCUT2D eigenvalue weighted by Crippen LogP contribution is -2.31. The molecular weight excluding hydrogens is 230 g/mol. The van der Waals surface area contributed by atoms with Gasteiger partial charge in [0.05, 0.1) is 19.8 Å². The highest BCUT2D eigenvalue weighted by atomic mass is 16.6. The number of amides is 1. The monoisotopic (exact) mass is 250 g/mol. The van der Waals surface area contributed by atoms with Crippen LogP contribution in [0.1, 0.15) is 26.3 Å². The Hall–Kier alpha value is -1.55. The summed E-state index contributed by atoms with van der Waals surface area (Å²) in [5, 5.41) is 2.51. The van der Waals surface area contributed by atoms with Gasteiger partial charge in [-0.1, -0.05) is 30.3 Å². The molecule has 4 heteroatoms. The van der Waals surface area contributed by atoms with Gasteiger partial charge in [-0.25, -0.2) is 4.79 Å². The third-order valence-corrected chi connectivity index (χ3v) is 1.93. The lowest BCUT2D eigenvalue weighted by Gasteiger charge is -2.19. The van der Waals surface area contributed by atoms with E-state index >= 15 is 0 Å². The molecule has 0 fully saturated rings. The van der Waals surface area contributed by atoms with E-state index in [0.29, 0.717) is 13.2 Å². The van der Waals surface area contributed by atoms with E-state index in [-0.39, 0.29) is 0 Å². The predicted octanol–water partition coefficient (Wildman–Crippen LogP) is 2.89. The van der Waals surface area contributed by atoms with E-state index in [9.17, 15) is 4.79 Å². The van der Waals surface area contributed by atoms with Crippen LogP contribution >= 0.6 is 0 Å². The highest BCUT2D eigenvalue weighted by molar-refractivity contribution is 5.68. The summed E-state index contributed by atoms with van der Waals surface area (Å²) in [4.78, 5) is 11.3. The van der Waals surface area contributed by atoms with Gasteiger partial charge in [-0.3, -0.25) is 0 Å². The molecule has 4 nitrogen and oxygen atoms in total. The maximum atomic E-state index is 11.3. The minimum atomic E-state index is -0.483. The van der Waals surface area contributed by atoms with Crippen molar-refractivity contribution < 1.29 is 14.3 Å². The second-order valence-corrected chi connectivity index (χ2v) is 4.85. The Bertz CT molecular complexity index is 357. The number of ether oxygens (including phenoxy) is 2. The molecule has 0 aliphatic heterocycles. The molecule has 18 heavy (non-hydrogen) atoms. The summed E-state index contributed by atoms with van der Waals surface area (Å²) in [6.07, 6.45) is -0.467. The average Bonchev–Trinajstić information content (AvgIpc) is 2.27. The maximum absolute atomic E-state index is 11.3. The van der Waals surface area contributed by atoms with E-state index in [1.54, 1.807) is 0 Å². The first-order valence-electron chi connectivity index (χ1n) is 5.90. The molecule has 0 heterocycles. The van der Waals surface area contributed by atoms with Crippen LogP contribution in [0.3, 0.4) is 0 Å².